The summed E-state index contributed by atoms with van der Waals surface area (Å²) in [6, 6.07) is 10.3. The number of allylic oxidation sites excluding steroid dienone is 6. The third kappa shape index (κ3) is 10.9. The number of nitrogen functional groups attached to an aromatic ring is 1. The molecular formula is C32H39N5O2. The van der Waals surface area contributed by atoms with Crippen LogP contribution in [-0.4, -0.2) is 29.4 Å². The Balaban J connectivity index is 0.000000530. The van der Waals surface area contributed by atoms with Crippen molar-refractivity contribution in [2.45, 2.75) is 46.0 Å². The van der Waals surface area contributed by atoms with Gasteiger partial charge in [-0.05, 0) is 67.7 Å². The predicted octanol–water partition coefficient (Wildman–Crippen LogP) is 6.57. The lowest BCUT2D eigenvalue weighted by atomic mass is 10.1. The number of anilines is 2. The van der Waals surface area contributed by atoms with Crippen LogP contribution in [0.5, 0.6) is 0 Å². The molecule has 3 aliphatic carbocycles. The van der Waals surface area contributed by atoms with Crippen LogP contribution in [0.3, 0.4) is 0 Å². The van der Waals surface area contributed by atoms with Crippen LogP contribution in [0.2, 0.25) is 0 Å². The molecule has 0 atom stereocenters. The van der Waals surface area contributed by atoms with E-state index in [0.717, 1.165) is 36.5 Å². The Bertz CT molecular complexity index is 1250. The van der Waals surface area contributed by atoms with Crippen molar-refractivity contribution in [1.29, 1.82) is 0 Å². The molecule has 7 nitrogen and oxygen atoms in total. The van der Waals surface area contributed by atoms with Gasteiger partial charge >= 0.3 is 0 Å². The number of amides is 1. The van der Waals surface area contributed by atoms with Crippen LogP contribution in [-0.2, 0) is 4.79 Å². The maximum Gasteiger partial charge on any atom is 0.256 e. The highest BCUT2D eigenvalue weighted by Crippen LogP contribution is 2.29. The van der Waals surface area contributed by atoms with Crippen molar-refractivity contribution >= 4 is 35.1 Å². The number of benzene rings is 1. The van der Waals surface area contributed by atoms with E-state index in [4.69, 9.17) is 5.73 Å². The van der Waals surface area contributed by atoms with Gasteiger partial charge in [-0.3, -0.25) is 14.6 Å². The summed E-state index contributed by atoms with van der Waals surface area (Å²) in [5.74, 6) is 1.82. The van der Waals surface area contributed by atoms with Gasteiger partial charge in [0.1, 0.15) is 5.82 Å². The van der Waals surface area contributed by atoms with Gasteiger partial charge in [-0.15, -0.1) is 6.58 Å². The van der Waals surface area contributed by atoms with E-state index in [9.17, 15) is 9.59 Å². The fourth-order valence-corrected chi connectivity index (χ4v) is 3.34. The molecule has 4 N–H and O–H groups in total. The molecule has 39 heavy (non-hydrogen) atoms. The smallest absolute Gasteiger partial charge is 0.256 e. The van der Waals surface area contributed by atoms with Crippen molar-refractivity contribution < 1.29 is 9.59 Å². The van der Waals surface area contributed by atoms with E-state index in [1.54, 1.807) is 54.9 Å². The van der Waals surface area contributed by atoms with E-state index in [1.165, 1.54) is 12.8 Å². The fourth-order valence-electron chi connectivity index (χ4n) is 3.34. The van der Waals surface area contributed by atoms with Crippen molar-refractivity contribution in [1.82, 2.24) is 10.3 Å². The minimum atomic E-state index is -0.284. The summed E-state index contributed by atoms with van der Waals surface area (Å²) >= 11 is 0. The maximum atomic E-state index is 12.5. The highest BCUT2D eigenvalue weighted by atomic mass is 16.1. The van der Waals surface area contributed by atoms with Gasteiger partial charge in [0.2, 0.25) is 0 Å². The number of Topliss-reactive ketones (excluding diaryl/α,β-unsaturated/α-hetero) is 1. The molecule has 1 aromatic heterocycles. The van der Waals surface area contributed by atoms with Crippen LogP contribution >= 0.6 is 0 Å². The first-order chi connectivity index (χ1) is 18.9. The first-order valence-electron chi connectivity index (χ1n) is 13.5. The van der Waals surface area contributed by atoms with Gasteiger partial charge < -0.3 is 16.4 Å². The summed E-state index contributed by atoms with van der Waals surface area (Å²) in [4.78, 5) is 33.0. The van der Waals surface area contributed by atoms with Crippen LogP contribution in [0.25, 0.3) is 0 Å². The normalized spacial score (nSPS) is 15.8. The minimum Gasteiger partial charge on any atom is -0.397 e. The molecule has 0 spiro atoms. The quantitative estimate of drug-likeness (QED) is 0.205. The molecule has 0 bridgehead atoms. The maximum absolute atomic E-state index is 12.5. The van der Waals surface area contributed by atoms with E-state index in [2.05, 4.69) is 34.1 Å². The van der Waals surface area contributed by atoms with Gasteiger partial charge in [0.25, 0.3) is 5.91 Å². The zero-order valence-corrected chi connectivity index (χ0v) is 22.9. The minimum absolute atomic E-state index is 0.259. The SMILES string of the molecule is C=CC.CC1CC1.Nc1ccc(C(=O)Nc2ccccn2)cc1N=CC1=CC=C(NCC(=O)C2CC2)CC=C1. The third-order valence-corrected chi connectivity index (χ3v) is 6.07. The van der Waals surface area contributed by atoms with Crippen LogP contribution in [0, 0.1) is 11.8 Å². The Labute approximate surface area is 231 Å². The molecule has 1 aromatic carbocycles. The van der Waals surface area contributed by atoms with E-state index in [1.807, 2.05) is 31.2 Å². The second-order valence-electron chi connectivity index (χ2n) is 9.85. The van der Waals surface area contributed by atoms with Gasteiger partial charge in [-0.1, -0.05) is 50.1 Å². The van der Waals surface area contributed by atoms with Crippen molar-refractivity contribution in [3.8, 4) is 0 Å². The Hall–Kier alpha value is -4.26. The van der Waals surface area contributed by atoms with Crippen molar-refractivity contribution in [3.63, 3.8) is 0 Å². The average Bonchev–Trinajstić information content (AvgIpc) is 3.84. The molecule has 0 aliphatic heterocycles. The highest BCUT2D eigenvalue weighted by Gasteiger charge is 2.28. The van der Waals surface area contributed by atoms with Crippen LogP contribution in [0.1, 0.15) is 56.3 Å². The van der Waals surface area contributed by atoms with Crippen molar-refractivity contribution in [3.05, 3.63) is 96.4 Å². The van der Waals surface area contributed by atoms with E-state index >= 15 is 0 Å². The second kappa shape index (κ2) is 15.2. The number of nitrogens with zero attached hydrogens (tertiary/aromatic N) is 2. The lowest BCUT2D eigenvalue weighted by Crippen LogP contribution is -2.23. The van der Waals surface area contributed by atoms with Gasteiger partial charge in [0.05, 0.1) is 17.9 Å². The monoisotopic (exact) mass is 525 g/mol. The Morgan fingerprint density at radius 1 is 1.15 bits per heavy atom. The predicted molar refractivity (Wildman–Crippen MR) is 161 cm³/mol. The zero-order valence-electron chi connectivity index (χ0n) is 22.9. The zero-order chi connectivity index (χ0) is 28.0. The van der Waals surface area contributed by atoms with Crippen molar-refractivity contribution in [2.24, 2.45) is 16.8 Å². The number of nitrogens with one attached hydrogen (secondary N) is 2. The third-order valence-electron chi connectivity index (χ3n) is 6.07. The largest absolute Gasteiger partial charge is 0.397 e. The molecule has 5 rings (SSSR count). The van der Waals surface area contributed by atoms with Crippen molar-refractivity contribution in [2.75, 3.05) is 17.6 Å². The number of pyridine rings is 1. The molecule has 0 radical (unpaired) electrons. The summed E-state index contributed by atoms with van der Waals surface area (Å²) in [5, 5.41) is 5.98. The Morgan fingerprint density at radius 2 is 1.90 bits per heavy atom. The number of ketones is 1. The molecule has 3 aliphatic rings. The Morgan fingerprint density at radius 3 is 2.54 bits per heavy atom. The topological polar surface area (TPSA) is 109 Å². The number of aliphatic imine (C=N–C) groups is 1. The summed E-state index contributed by atoms with van der Waals surface area (Å²) in [6.07, 6.45) is 18.7. The average molecular weight is 526 g/mol. The van der Waals surface area contributed by atoms with E-state index in [0.29, 0.717) is 29.3 Å². The first-order valence-corrected chi connectivity index (χ1v) is 13.5. The molecule has 1 heterocycles. The van der Waals surface area contributed by atoms with Crippen LogP contribution in [0.4, 0.5) is 17.2 Å². The highest BCUT2D eigenvalue weighted by molar-refractivity contribution is 6.05. The van der Waals surface area contributed by atoms with Gasteiger partial charge in [-0.2, -0.15) is 0 Å². The number of aromatic nitrogens is 1. The number of hydrogen-bond donors (Lipinski definition) is 3. The number of carbonyl (C=O) groups is 2. The molecule has 204 valence electrons. The second-order valence-corrected chi connectivity index (χ2v) is 9.85. The molecule has 0 unspecified atom stereocenters. The van der Waals surface area contributed by atoms with Gasteiger partial charge in [-0.25, -0.2) is 4.98 Å². The lowest BCUT2D eigenvalue weighted by Gasteiger charge is -2.06. The first kappa shape index (κ1) is 29.3. The van der Waals surface area contributed by atoms with Crippen LogP contribution in [0.15, 0.2) is 95.8 Å². The molecule has 1 amide bonds. The summed E-state index contributed by atoms with van der Waals surface area (Å²) < 4.78 is 0. The molecule has 0 saturated heterocycles. The summed E-state index contributed by atoms with van der Waals surface area (Å²) in [6.45, 7) is 7.91. The molecule has 2 saturated carbocycles. The standard InChI is InChI=1S/C25H25N5O2.C4H8.C3H6/c26-21-12-10-19(25(32)30-24-6-1-2-13-27-24)14-22(21)29-15-17-4-3-5-20(11-7-17)28-16-23(31)18-8-9-18;1-4-2-3-4;1-3-2/h1-4,6-7,10-15,18,28H,5,8-9,16,26H2,(H,27,30,32);4H,2-3H2,1H3;3H,1H2,2H3. The number of carbonyl (C=O) groups excluding carboxylic acids is 2. The Kier molecular flexibility index (Phi) is 11.4. The summed E-state index contributed by atoms with van der Waals surface area (Å²) in [5.41, 5.74) is 9.36. The van der Waals surface area contributed by atoms with Gasteiger partial charge in [0, 0.05) is 36.0 Å². The molecule has 2 fully saturated rings. The van der Waals surface area contributed by atoms with E-state index in [-0.39, 0.29) is 17.6 Å². The van der Waals surface area contributed by atoms with E-state index < -0.39 is 0 Å². The molecule has 7 heteroatoms. The van der Waals surface area contributed by atoms with Gasteiger partial charge in [0.15, 0.2) is 5.78 Å². The molecule has 2 aromatic rings. The number of rotatable bonds is 8. The fraction of sp³-hybridized carbons (Fsp3) is 0.312. The molecular weight excluding hydrogens is 486 g/mol. The lowest BCUT2D eigenvalue weighted by molar-refractivity contribution is -0.119. The number of hydrogen-bond acceptors (Lipinski definition) is 6. The number of nitrogens with two attached hydrogens (primary N) is 1. The summed E-state index contributed by atoms with van der Waals surface area (Å²) in [7, 11) is 0. The van der Waals surface area contributed by atoms with Crippen LogP contribution < -0.4 is 16.4 Å².